The van der Waals surface area contributed by atoms with Crippen LogP contribution in [0.25, 0.3) is 10.9 Å². The minimum Gasteiger partial charge on any atom is -0.361 e. The van der Waals surface area contributed by atoms with Crippen molar-refractivity contribution in [1.82, 2.24) is 9.88 Å². The normalized spacial score (nSPS) is 19.1. The number of carbonyl (C=O) groups excluding carboxylic acids is 2. The Hall–Kier alpha value is -3.08. The van der Waals surface area contributed by atoms with Crippen molar-refractivity contribution in [3.8, 4) is 0 Å². The van der Waals surface area contributed by atoms with Crippen molar-refractivity contribution in [1.29, 1.82) is 0 Å². The lowest BCUT2D eigenvalue weighted by Gasteiger charge is -2.34. The van der Waals surface area contributed by atoms with E-state index >= 15 is 0 Å². The van der Waals surface area contributed by atoms with Crippen LogP contribution in [-0.2, 0) is 16.0 Å². The number of rotatable bonds is 5. The average Bonchev–Trinajstić information content (AvgIpc) is 3.25. The van der Waals surface area contributed by atoms with Crippen molar-refractivity contribution >= 4 is 28.4 Å². The van der Waals surface area contributed by atoms with Gasteiger partial charge in [0.05, 0.1) is 0 Å². The van der Waals surface area contributed by atoms with Crippen LogP contribution < -0.4 is 5.32 Å². The molecule has 3 aromatic rings. The van der Waals surface area contributed by atoms with Crippen molar-refractivity contribution in [2.24, 2.45) is 0 Å². The lowest BCUT2D eigenvalue weighted by molar-refractivity contribution is -0.137. The molecule has 5 nitrogen and oxygen atoms in total. The molecule has 0 bridgehead atoms. The van der Waals surface area contributed by atoms with Crippen molar-refractivity contribution in [2.45, 2.75) is 45.6 Å². The second-order valence-corrected chi connectivity index (χ2v) is 8.15. The summed E-state index contributed by atoms with van der Waals surface area (Å²) < 4.78 is 0. The molecule has 1 aliphatic rings. The zero-order valence-electron chi connectivity index (χ0n) is 17.2. The minimum absolute atomic E-state index is 0.0454. The highest BCUT2D eigenvalue weighted by atomic mass is 16.2. The fraction of sp³-hybridized carbons (Fsp3) is 0.333. The fourth-order valence-corrected chi connectivity index (χ4v) is 4.33. The molecule has 0 radical (unpaired) electrons. The van der Waals surface area contributed by atoms with E-state index in [-0.39, 0.29) is 11.8 Å². The molecular formula is C24H27N3O2. The molecule has 5 heteroatoms. The third-order valence-electron chi connectivity index (χ3n) is 6.21. The van der Waals surface area contributed by atoms with Crippen LogP contribution in [0.1, 0.15) is 36.5 Å². The number of nitrogens with one attached hydrogen (secondary N) is 2. The number of aromatic amines is 1. The Balaban J connectivity index is 1.54. The summed E-state index contributed by atoms with van der Waals surface area (Å²) in [6.45, 7) is 6.38. The molecular weight excluding hydrogens is 362 g/mol. The number of para-hydroxylation sites is 2. The first-order chi connectivity index (χ1) is 13.9. The van der Waals surface area contributed by atoms with Gasteiger partial charge in [-0.3, -0.25) is 9.59 Å². The Morgan fingerprint density at radius 3 is 2.62 bits per heavy atom. The molecule has 1 saturated heterocycles. The van der Waals surface area contributed by atoms with E-state index in [4.69, 9.17) is 0 Å². The molecule has 2 amide bonds. The predicted molar refractivity (Wildman–Crippen MR) is 116 cm³/mol. The SMILES string of the molecule is Cc1cccc(C)c1NC(=O)C1(C)CCC(=O)N1CCc1c[nH]c2ccccc12. The Morgan fingerprint density at radius 2 is 1.86 bits per heavy atom. The Morgan fingerprint density at radius 1 is 1.14 bits per heavy atom. The zero-order chi connectivity index (χ0) is 20.6. The first-order valence-electron chi connectivity index (χ1n) is 10.1. The number of likely N-dealkylation sites (tertiary alicyclic amines) is 1. The highest BCUT2D eigenvalue weighted by Gasteiger charge is 2.47. The molecule has 4 rings (SSSR count). The summed E-state index contributed by atoms with van der Waals surface area (Å²) in [5, 5.41) is 4.26. The van der Waals surface area contributed by atoms with Gasteiger partial charge in [-0.2, -0.15) is 0 Å². The predicted octanol–water partition coefficient (Wildman–Crippen LogP) is 4.35. The molecule has 1 aliphatic heterocycles. The van der Waals surface area contributed by atoms with Crippen LogP contribution in [0.15, 0.2) is 48.7 Å². The van der Waals surface area contributed by atoms with Crippen molar-refractivity contribution < 1.29 is 9.59 Å². The number of fused-ring (bicyclic) bond motifs is 1. The smallest absolute Gasteiger partial charge is 0.250 e. The van der Waals surface area contributed by atoms with E-state index < -0.39 is 5.54 Å². The summed E-state index contributed by atoms with van der Waals surface area (Å²) in [7, 11) is 0. The third kappa shape index (κ3) is 3.41. The van der Waals surface area contributed by atoms with Gasteiger partial charge in [0.15, 0.2) is 0 Å². The molecule has 2 heterocycles. The van der Waals surface area contributed by atoms with E-state index in [2.05, 4.69) is 16.4 Å². The molecule has 0 spiro atoms. The van der Waals surface area contributed by atoms with E-state index in [1.54, 1.807) is 4.90 Å². The van der Waals surface area contributed by atoms with Crippen molar-refractivity contribution in [3.05, 3.63) is 65.4 Å². The van der Waals surface area contributed by atoms with E-state index in [0.717, 1.165) is 27.9 Å². The molecule has 150 valence electrons. The van der Waals surface area contributed by atoms with Gasteiger partial charge in [0.2, 0.25) is 11.8 Å². The number of hydrogen-bond acceptors (Lipinski definition) is 2. The summed E-state index contributed by atoms with van der Waals surface area (Å²) >= 11 is 0. The number of carbonyl (C=O) groups is 2. The van der Waals surface area contributed by atoms with Gasteiger partial charge in [-0.15, -0.1) is 0 Å². The largest absolute Gasteiger partial charge is 0.361 e. The maximum Gasteiger partial charge on any atom is 0.250 e. The molecule has 1 aromatic heterocycles. The topological polar surface area (TPSA) is 65.2 Å². The maximum absolute atomic E-state index is 13.3. The second kappa shape index (κ2) is 7.39. The molecule has 0 aliphatic carbocycles. The minimum atomic E-state index is -0.835. The number of aromatic nitrogens is 1. The fourth-order valence-electron chi connectivity index (χ4n) is 4.33. The highest BCUT2D eigenvalue weighted by Crippen LogP contribution is 2.33. The number of anilines is 1. The molecule has 1 fully saturated rings. The zero-order valence-corrected chi connectivity index (χ0v) is 17.2. The highest BCUT2D eigenvalue weighted by molar-refractivity contribution is 6.03. The van der Waals surface area contributed by atoms with E-state index in [1.807, 2.05) is 63.4 Å². The number of amides is 2. The molecule has 1 atom stereocenters. The van der Waals surface area contributed by atoms with Gasteiger partial charge in [0, 0.05) is 35.8 Å². The van der Waals surface area contributed by atoms with Gasteiger partial charge in [-0.1, -0.05) is 36.4 Å². The lowest BCUT2D eigenvalue weighted by Crippen LogP contribution is -2.52. The Labute approximate surface area is 171 Å². The van der Waals surface area contributed by atoms with Gasteiger partial charge >= 0.3 is 0 Å². The summed E-state index contributed by atoms with van der Waals surface area (Å²) in [4.78, 5) is 30.9. The first kappa shape index (κ1) is 19.2. The molecule has 0 saturated carbocycles. The number of H-pyrrole nitrogens is 1. The van der Waals surface area contributed by atoms with Crippen molar-refractivity contribution in [2.75, 3.05) is 11.9 Å². The number of aryl methyl sites for hydroxylation is 2. The summed E-state index contributed by atoms with van der Waals surface area (Å²) in [6, 6.07) is 14.1. The number of hydrogen-bond donors (Lipinski definition) is 2. The van der Waals surface area contributed by atoms with Crippen LogP contribution in [0.2, 0.25) is 0 Å². The standard InChI is InChI=1S/C24H27N3O2/c1-16-7-6-8-17(2)22(16)26-23(29)24(3)13-11-21(28)27(24)14-12-18-15-25-20-10-5-4-9-19(18)20/h4-10,15,25H,11-14H2,1-3H3,(H,26,29). The lowest BCUT2D eigenvalue weighted by atomic mass is 9.96. The monoisotopic (exact) mass is 389 g/mol. The van der Waals surface area contributed by atoms with Gasteiger partial charge in [-0.05, 0) is 56.4 Å². The van der Waals surface area contributed by atoms with Crippen LogP contribution >= 0.6 is 0 Å². The molecule has 2 aromatic carbocycles. The van der Waals surface area contributed by atoms with E-state index in [0.29, 0.717) is 25.8 Å². The second-order valence-electron chi connectivity index (χ2n) is 8.15. The van der Waals surface area contributed by atoms with Crippen LogP contribution in [0.4, 0.5) is 5.69 Å². The van der Waals surface area contributed by atoms with Crippen LogP contribution in [0.3, 0.4) is 0 Å². The van der Waals surface area contributed by atoms with Crippen LogP contribution in [-0.4, -0.2) is 33.8 Å². The molecule has 29 heavy (non-hydrogen) atoms. The summed E-state index contributed by atoms with van der Waals surface area (Å²) in [6.07, 6.45) is 3.66. The number of benzene rings is 2. The van der Waals surface area contributed by atoms with E-state index in [1.165, 1.54) is 5.39 Å². The summed E-state index contributed by atoms with van der Waals surface area (Å²) in [5.41, 5.74) is 4.31. The summed E-state index contributed by atoms with van der Waals surface area (Å²) in [5.74, 6) is -0.0660. The Bertz CT molecular complexity index is 1060. The molecule has 1 unspecified atom stereocenters. The molecule has 2 N–H and O–H groups in total. The third-order valence-corrected chi connectivity index (χ3v) is 6.21. The first-order valence-corrected chi connectivity index (χ1v) is 10.1. The van der Waals surface area contributed by atoms with Crippen LogP contribution in [0.5, 0.6) is 0 Å². The van der Waals surface area contributed by atoms with Crippen molar-refractivity contribution in [3.63, 3.8) is 0 Å². The van der Waals surface area contributed by atoms with E-state index in [9.17, 15) is 9.59 Å². The van der Waals surface area contributed by atoms with Gasteiger partial charge in [-0.25, -0.2) is 0 Å². The van der Waals surface area contributed by atoms with Gasteiger partial charge in [0.1, 0.15) is 5.54 Å². The maximum atomic E-state index is 13.3. The average molecular weight is 389 g/mol. The van der Waals surface area contributed by atoms with Gasteiger partial charge < -0.3 is 15.2 Å². The Kier molecular flexibility index (Phi) is 4.91. The quantitative estimate of drug-likeness (QED) is 0.681. The number of nitrogens with zero attached hydrogens (tertiary/aromatic N) is 1. The van der Waals surface area contributed by atoms with Gasteiger partial charge in [0.25, 0.3) is 0 Å². The van der Waals surface area contributed by atoms with Crippen LogP contribution in [0, 0.1) is 13.8 Å².